The number of hydrogen-bond acceptors (Lipinski definition) is 6. The van der Waals surface area contributed by atoms with Crippen LogP contribution in [0.3, 0.4) is 0 Å². The predicted molar refractivity (Wildman–Crippen MR) is 142 cm³/mol. The van der Waals surface area contributed by atoms with Crippen molar-refractivity contribution in [3.8, 4) is 0 Å². The summed E-state index contributed by atoms with van der Waals surface area (Å²) >= 11 is 0. The van der Waals surface area contributed by atoms with Crippen LogP contribution < -0.4 is 0 Å². The second kappa shape index (κ2) is 10.4. The van der Waals surface area contributed by atoms with E-state index in [4.69, 9.17) is 4.99 Å². The zero-order valence-electron chi connectivity index (χ0n) is 21.8. The Bertz CT molecular complexity index is 1470. The lowest BCUT2D eigenvalue weighted by molar-refractivity contribution is 0.228. The van der Waals surface area contributed by atoms with Crippen LogP contribution in [0.1, 0.15) is 49.2 Å². The number of amidine groups is 1. The van der Waals surface area contributed by atoms with Crippen molar-refractivity contribution in [2.45, 2.75) is 38.8 Å². The molecule has 1 aromatic carbocycles. The van der Waals surface area contributed by atoms with Gasteiger partial charge >= 0.3 is 0 Å². The van der Waals surface area contributed by atoms with Crippen LogP contribution in [0.5, 0.6) is 0 Å². The van der Waals surface area contributed by atoms with Crippen molar-refractivity contribution < 1.29 is 18.3 Å². The van der Waals surface area contributed by atoms with Gasteiger partial charge in [0.2, 0.25) is 5.88 Å². The van der Waals surface area contributed by atoms with E-state index >= 15 is 0 Å². The fraction of sp³-hybridized carbons (Fsp3) is 0.276. The van der Waals surface area contributed by atoms with Gasteiger partial charge in [0.25, 0.3) is 0 Å². The van der Waals surface area contributed by atoms with Crippen LogP contribution in [0.15, 0.2) is 89.8 Å². The normalized spacial score (nSPS) is 18.5. The largest absolute Gasteiger partial charge is 0.494 e. The molecule has 3 aromatic rings. The third-order valence-electron chi connectivity index (χ3n) is 7.18. The molecule has 0 saturated carbocycles. The number of hydrogen-bond donors (Lipinski definition) is 1. The molecule has 10 heteroatoms. The number of likely N-dealkylation sites (tertiary alicyclic amines) is 1. The molecule has 0 spiro atoms. The molecule has 0 aliphatic carbocycles. The first-order valence-corrected chi connectivity index (χ1v) is 12.7. The minimum atomic E-state index is -0.724. The van der Waals surface area contributed by atoms with Crippen molar-refractivity contribution in [3.63, 3.8) is 0 Å². The summed E-state index contributed by atoms with van der Waals surface area (Å²) < 4.78 is 43.4. The first kappa shape index (κ1) is 26.3. The van der Waals surface area contributed by atoms with Gasteiger partial charge in [-0.1, -0.05) is 13.2 Å². The first-order chi connectivity index (χ1) is 18.7. The van der Waals surface area contributed by atoms with Crippen LogP contribution in [0.4, 0.5) is 13.2 Å². The van der Waals surface area contributed by atoms with E-state index in [1.54, 1.807) is 29.9 Å². The molecule has 2 unspecified atom stereocenters. The van der Waals surface area contributed by atoms with Crippen molar-refractivity contribution in [1.82, 2.24) is 24.6 Å². The molecule has 4 heterocycles. The van der Waals surface area contributed by atoms with E-state index in [1.807, 2.05) is 11.8 Å². The van der Waals surface area contributed by atoms with E-state index in [1.165, 1.54) is 29.3 Å². The smallest absolute Gasteiger partial charge is 0.205 e. The summed E-state index contributed by atoms with van der Waals surface area (Å²) in [5, 5.41) is 16.2. The second-order valence-electron chi connectivity index (χ2n) is 9.67. The van der Waals surface area contributed by atoms with Crippen LogP contribution in [0, 0.1) is 17.5 Å². The molecule has 202 valence electrons. The third-order valence-corrected chi connectivity index (χ3v) is 7.18. The molecular formula is C29H29F3N6O. The zero-order valence-corrected chi connectivity index (χ0v) is 21.8. The van der Waals surface area contributed by atoms with Gasteiger partial charge in [-0.3, -0.25) is 14.6 Å². The molecule has 1 N–H and O–H groups in total. The average Bonchev–Trinajstić information content (AvgIpc) is 3.58. The highest BCUT2D eigenvalue weighted by atomic mass is 19.1. The van der Waals surface area contributed by atoms with E-state index in [0.29, 0.717) is 48.0 Å². The summed E-state index contributed by atoms with van der Waals surface area (Å²) in [6.07, 6.45) is 3.76. The Morgan fingerprint density at radius 3 is 2.51 bits per heavy atom. The summed E-state index contributed by atoms with van der Waals surface area (Å²) in [5.41, 5.74) is 2.68. The number of benzene rings is 1. The van der Waals surface area contributed by atoms with E-state index in [-0.39, 0.29) is 17.5 Å². The molecule has 2 atom stereocenters. The molecular weight excluding hydrogens is 505 g/mol. The van der Waals surface area contributed by atoms with Gasteiger partial charge in [-0.05, 0) is 56.2 Å². The van der Waals surface area contributed by atoms with Crippen molar-refractivity contribution in [3.05, 3.63) is 119 Å². The quantitative estimate of drug-likeness (QED) is 0.413. The number of halogens is 3. The Morgan fingerprint density at radius 1 is 1.13 bits per heavy atom. The fourth-order valence-corrected chi connectivity index (χ4v) is 5.09. The first-order valence-electron chi connectivity index (χ1n) is 12.7. The van der Waals surface area contributed by atoms with Crippen molar-refractivity contribution >= 4 is 5.84 Å². The zero-order chi connectivity index (χ0) is 27.8. The Labute approximate surface area is 224 Å². The van der Waals surface area contributed by atoms with Crippen LogP contribution in [-0.2, 0) is 6.54 Å². The molecule has 1 saturated heterocycles. The van der Waals surface area contributed by atoms with Crippen molar-refractivity contribution in [2.24, 2.45) is 4.99 Å². The van der Waals surface area contributed by atoms with Crippen molar-refractivity contribution in [2.75, 3.05) is 13.1 Å². The predicted octanol–water partition coefficient (Wildman–Crippen LogP) is 5.83. The lowest BCUT2D eigenvalue weighted by Crippen LogP contribution is -2.38. The Hall–Kier alpha value is -4.34. The Kier molecular flexibility index (Phi) is 7.03. The van der Waals surface area contributed by atoms with Crippen LogP contribution in [-0.4, -0.2) is 48.6 Å². The summed E-state index contributed by atoms with van der Waals surface area (Å²) in [5.74, 6) is -1.68. The van der Waals surface area contributed by atoms with Gasteiger partial charge in [0.1, 0.15) is 23.1 Å². The van der Waals surface area contributed by atoms with Gasteiger partial charge in [0.05, 0.1) is 23.5 Å². The van der Waals surface area contributed by atoms with Crippen molar-refractivity contribution in [1.29, 1.82) is 0 Å². The molecule has 0 radical (unpaired) electrons. The number of aliphatic imine (C=N–C) groups is 1. The highest BCUT2D eigenvalue weighted by molar-refractivity contribution is 6.00. The number of nitrogens with zero attached hydrogens (tertiary/aromatic N) is 6. The SMILES string of the molecule is C=C1N=C(c2ccn(CC)n2)N(C(C)c2cc(F)cc(F)c2)C(O)=C1C(=C)N1CCC(c2ccc(F)cn2)C1. The third kappa shape index (κ3) is 5.06. The minimum Gasteiger partial charge on any atom is -0.494 e. The minimum absolute atomic E-state index is 0.0596. The maximum atomic E-state index is 14.2. The molecule has 1 fully saturated rings. The van der Waals surface area contributed by atoms with Gasteiger partial charge in [0, 0.05) is 49.2 Å². The summed E-state index contributed by atoms with van der Waals surface area (Å²) in [6, 6.07) is 7.36. The van der Waals surface area contributed by atoms with E-state index < -0.39 is 23.5 Å². The highest BCUT2D eigenvalue weighted by Gasteiger charge is 2.36. The maximum Gasteiger partial charge on any atom is 0.205 e. The number of aryl methyl sites for hydroxylation is 1. The molecule has 7 nitrogen and oxygen atoms in total. The summed E-state index contributed by atoms with van der Waals surface area (Å²) in [6.45, 7) is 13.8. The van der Waals surface area contributed by atoms with E-state index in [0.717, 1.165) is 18.2 Å². The van der Waals surface area contributed by atoms with Gasteiger partial charge in [0.15, 0.2) is 5.84 Å². The molecule has 39 heavy (non-hydrogen) atoms. The molecule has 0 amide bonds. The van der Waals surface area contributed by atoms with Crippen LogP contribution >= 0.6 is 0 Å². The lowest BCUT2D eigenvalue weighted by atomic mass is 10.0. The second-order valence-corrected chi connectivity index (χ2v) is 9.67. The monoisotopic (exact) mass is 534 g/mol. The number of aromatic nitrogens is 3. The number of aliphatic hydroxyl groups excluding tert-OH is 1. The van der Waals surface area contributed by atoms with E-state index in [9.17, 15) is 18.3 Å². The number of aliphatic hydroxyl groups is 1. The summed E-state index contributed by atoms with van der Waals surface area (Å²) in [4.78, 5) is 12.4. The lowest BCUT2D eigenvalue weighted by Gasteiger charge is -2.36. The molecule has 2 aliphatic rings. The average molecular weight is 535 g/mol. The standard InChI is InChI=1S/C29H29F3N6O/c1-5-37-11-9-26(35-37)28-34-17(2)27(29(39)38(28)18(3)21-12-23(31)14-24(32)13-21)19(4)36-10-8-20(16-36)25-7-6-22(30)15-33-25/h6-7,9,11-15,18,20,39H,2,4-5,8,10,16H2,1,3H3. The Morgan fingerprint density at radius 2 is 1.87 bits per heavy atom. The van der Waals surface area contributed by atoms with Crippen LogP contribution in [0.25, 0.3) is 0 Å². The number of pyridine rings is 1. The maximum absolute atomic E-state index is 14.2. The molecule has 5 rings (SSSR count). The fourth-order valence-electron chi connectivity index (χ4n) is 5.09. The molecule has 2 aromatic heterocycles. The van der Waals surface area contributed by atoms with Gasteiger partial charge < -0.3 is 10.0 Å². The van der Waals surface area contributed by atoms with Gasteiger partial charge in [-0.25, -0.2) is 18.2 Å². The van der Waals surface area contributed by atoms with E-state index in [2.05, 4.69) is 23.2 Å². The molecule has 0 bridgehead atoms. The topological polar surface area (TPSA) is 69.8 Å². The van der Waals surface area contributed by atoms with Crippen LogP contribution in [0.2, 0.25) is 0 Å². The van der Waals surface area contributed by atoms with Gasteiger partial charge in [-0.2, -0.15) is 5.10 Å². The highest BCUT2D eigenvalue weighted by Crippen LogP contribution is 2.38. The molecule has 2 aliphatic heterocycles. The van der Waals surface area contributed by atoms with Gasteiger partial charge in [-0.15, -0.1) is 0 Å². The number of rotatable bonds is 7. The summed E-state index contributed by atoms with van der Waals surface area (Å²) in [7, 11) is 0. The Balaban J connectivity index is 1.51.